The summed E-state index contributed by atoms with van der Waals surface area (Å²) in [5, 5.41) is 3.44. The topological polar surface area (TPSA) is 76.8 Å². The van der Waals surface area contributed by atoms with Gasteiger partial charge < -0.3 is 25.4 Å². The molecule has 1 atom stereocenters. The Labute approximate surface area is 141 Å². The number of hydrogen-bond donors (Lipinski definition) is 2. The molecule has 7 heteroatoms. The third-order valence-corrected chi connectivity index (χ3v) is 3.89. The van der Waals surface area contributed by atoms with Crippen molar-refractivity contribution in [3.63, 3.8) is 0 Å². The number of nitrogens with zero attached hydrogens (tertiary/aromatic N) is 1. The second kappa shape index (κ2) is 9.08. The fourth-order valence-electron chi connectivity index (χ4n) is 2.49. The van der Waals surface area contributed by atoms with E-state index in [1.54, 1.807) is 18.2 Å². The van der Waals surface area contributed by atoms with E-state index >= 15 is 0 Å². The highest BCUT2D eigenvalue weighted by Crippen LogP contribution is 2.23. The van der Waals surface area contributed by atoms with Crippen molar-refractivity contribution in [3.05, 3.63) is 28.8 Å². The van der Waals surface area contributed by atoms with Crippen molar-refractivity contribution >= 4 is 17.5 Å². The number of hydrogen-bond acceptors (Lipinski definition) is 5. The zero-order valence-electron chi connectivity index (χ0n) is 13.4. The van der Waals surface area contributed by atoms with Crippen LogP contribution in [0.4, 0.5) is 0 Å². The molecule has 0 aliphatic carbocycles. The predicted molar refractivity (Wildman–Crippen MR) is 90.1 cm³/mol. The lowest BCUT2D eigenvalue weighted by atomic mass is 10.1. The molecule has 6 nitrogen and oxygen atoms in total. The molecule has 1 fully saturated rings. The standard InChI is InChI=1S/C16H24ClN3O3/c1-20-5-7-22-11-12(10-20)9-19-16(21)14-8-13(17)2-3-15(14)23-6-4-18/h2-3,8,12H,4-7,9-11,18H2,1H3,(H,19,21)/t12-/m0/s1. The van der Waals surface area contributed by atoms with Crippen LogP contribution in [0, 0.1) is 5.92 Å². The van der Waals surface area contributed by atoms with Gasteiger partial charge >= 0.3 is 0 Å². The minimum atomic E-state index is -0.202. The highest BCUT2D eigenvalue weighted by atomic mass is 35.5. The molecule has 0 radical (unpaired) electrons. The Bertz CT molecular complexity index is 527. The average Bonchev–Trinajstić information content (AvgIpc) is 2.75. The molecule has 0 bridgehead atoms. The average molecular weight is 342 g/mol. The van der Waals surface area contributed by atoms with Gasteiger partial charge in [-0.05, 0) is 25.2 Å². The van der Waals surface area contributed by atoms with E-state index in [9.17, 15) is 4.79 Å². The van der Waals surface area contributed by atoms with Gasteiger partial charge in [0, 0.05) is 37.1 Å². The third-order valence-electron chi connectivity index (χ3n) is 3.65. The van der Waals surface area contributed by atoms with E-state index in [4.69, 9.17) is 26.8 Å². The van der Waals surface area contributed by atoms with Gasteiger partial charge in [-0.15, -0.1) is 0 Å². The highest BCUT2D eigenvalue weighted by Gasteiger charge is 2.19. The maximum Gasteiger partial charge on any atom is 0.255 e. The first kappa shape index (κ1) is 18.0. The highest BCUT2D eigenvalue weighted by molar-refractivity contribution is 6.31. The van der Waals surface area contributed by atoms with Crippen LogP contribution in [0.5, 0.6) is 5.75 Å². The number of carbonyl (C=O) groups excluding carboxylic acids is 1. The Hall–Kier alpha value is -1.34. The smallest absolute Gasteiger partial charge is 0.255 e. The van der Waals surface area contributed by atoms with Crippen LogP contribution in [0.3, 0.4) is 0 Å². The molecule has 1 saturated heterocycles. The van der Waals surface area contributed by atoms with Crippen molar-refractivity contribution in [2.24, 2.45) is 11.7 Å². The van der Waals surface area contributed by atoms with Crippen molar-refractivity contribution in [1.82, 2.24) is 10.2 Å². The number of amides is 1. The minimum Gasteiger partial charge on any atom is -0.491 e. The summed E-state index contributed by atoms with van der Waals surface area (Å²) in [5.74, 6) is 0.553. The fraction of sp³-hybridized carbons (Fsp3) is 0.562. The van der Waals surface area contributed by atoms with Gasteiger partial charge in [0.1, 0.15) is 12.4 Å². The lowest BCUT2D eigenvalue weighted by Gasteiger charge is -2.19. The number of nitrogens with two attached hydrogens (primary N) is 1. The maximum absolute atomic E-state index is 12.5. The summed E-state index contributed by atoms with van der Waals surface area (Å²) in [4.78, 5) is 14.7. The van der Waals surface area contributed by atoms with Crippen LogP contribution < -0.4 is 15.8 Å². The summed E-state index contributed by atoms with van der Waals surface area (Å²) in [6, 6.07) is 4.99. The Morgan fingerprint density at radius 1 is 1.57 bits per heavy atom. The van der Waals surface area contributed by atoms with Crippen LogP contribution in [0.1, 0.15) is 10.4 Å². The van der Waals surface area contributed by atoms with E-state index in [-0.39, 0.29) is 11.8 Å². The number of nitrogens with one attached hydrogen (secondary N) is 1. The van der Waals surface area contributed by atoms with E-state index in [1.807, 2.05) is 0 Å². The largest absolute Gasteiger partial charge is 0.491 e. The lowest BCUT2D eigenvalue weighted by molar-refractivity contribution is 0.0917. The number of carbonyl (C=O) groups is 1. The summed E-state index contributed by atoms with van der Waals surface area (Å²) in [6.07, 6.45) is 0. The van der Waals surface area contributed by atoms with Crippen LogP contribution in [-0.2, 0) is 4.74 Å². The Balaban J connectivity index is 1.97. The van der Waals surface area contributed by atoms with Gasteiger partial charge in [0.2, 0.25) is 0 Å². The van der Waals surface area contributed by atoms with Gasteiger partial charge in [-0.25, -0.2) is 0 Å². The molecule has 23 heavy (non-hydrogen) atoms. The first-order valence-corrected chi connectivity index (χ1v) is 8.15. The van der Waals surface area contributed by atoms with E-state index in [0.29, 0.717) is 42.6 Å². The number of rotatable bonds is 6. The summed E-state index contributed by atoms with van der Waals surface area (Å²) in [7, 11) is 2.05. The molecule has 0 aromatic heterocycles. The summed E-state index contributed by atoms with van der Waals surface area (Å²) < 4.78 is 11.1. The number of halogens is 1. The normalized spacial score (nSPS) is 19.2. The number of ether oxygens (including phenoxy) is 2. The monoisotopic (exact) mass is 341 g/mol. The van der Waals surface area contributed by atoms with E-state index < -0.39 is 0 Å². The van der Waals surface area contributed by atoms with Gasteiger partial charge in [0.15, 0.2) is 0 Å². The SMILES string of the molecule is CN1CCOC[C@@H](CNC(=O)c2cc(Cl)ccc2OCCN)C1. The molecule has 1 aliphatic heterocycles. The quantitative estimate of drug-likeness (QED) is 0.806. The van der Waals surface area contributed by atoms with Crippen molar-refractivity contribution in [2.75, 3.05) is 53.0 Å². The molecular weight excluding hydrogens is 318 g/mol. The first-order chi connectivity index (χ1) is 11.1. The molecule has 3 N–H and O–H groups in total. The molecule has 1 aromatic carbocycles. The van der Waals surface area contributed by atoms with Crippen LogP contribution in [0.25, 0.3) is 0 Å². The van der Waals surface area contributed by atoms with Crippen molar-refractivity contribution in [2.45, 2.75) is 0 Å². The van der Waals surface area contributed by atoms with Crippen LogP contribution >= 0.6 is 11.6 Å². The zero-order chi connectivity index (χ0) is 16.7. The van der Waals surface area contributed by atoms with Crippen LogP contribution in [0.15, 0.2) is 18.2 Å². The van der Waals surface area contributed by atoms with Crippen molar-refractivity contribution in [3.8, 4) is 5.75 Å². The predicted octanol–water partition coefficient (Wildman–Crippen LogP) is 0.986. The molecule has 128 valence electrons. The van der Waals surface area contributed by atoms with Gasteiger partial charge in [-0.1, -0.05) is 11.6 Å². The van der Waals surface area contributed by atoms with Gasteiger partial charge in [-0.2, -0.15) is 0 Å². The third kappa shape index (κ3) is 5.66. The van der Waals surface area contributed by atoms with Gasteiger partial charge in [-0.3, -0.25) is 4.79 Å². The van der Waals surface area contributed by atoms with Crippen LogP contribution in [-0.4, -0.2) is 63.9 Å². The lowest BCUT2D eigenvalue weighted by Crippen LogP contribution is -2.36. The maximum atomic E-state index is 12.5. The van der Waals surface area contributed by atoms with Gasteiger partial charge in [0.25, 0.3) is 5.91 Å². The fourth-order valence-corrected chi connectivity index (χ4v) is 2.66. The zero-order valence-corrected chi connectivity index (χ0v) is 14.1. The summed E-state index contributed by atoms with van der Waals surface area (Å²) in [5.41, 5.74) is 5.87. The van der Waals surface area contributed by atoms with E-state index in [2.05, 4.69) is 17.3 Å². The second-order valence-corrected chi connectivity index (χ2v) is 6.13. The van der Waals surface area contributed by atoms with E-state index in [1.165, 1.54) is 0 Å². The Morgan fingerprint density at radius 3 is 3.17 bits per heavy atom. The molecular formula is C16H24ClN3O3. The molecule has 1 aromatic rings. The first-order valence-electron chi connectivity index (χ1n) is 7.77. The summed E-state index contributed by atoms with van der Waals surface area (Å²) >= 11 is 6.00. The minimum absolute atomic E-state index is 0.202. The summed E-state index contributed by atoms with van der Waals surface area (Å²) in [6.45, 7) is 4.47. The molecule has 0 unspecified atom stereocenters. The number of likely N-dealkylation sites (N-methyl/N-ethyl adjacent to an activating group) is 1. The molecule has 1 heterocycles. The molecule has 2 rings (SSSR count). The number of benzene rings is 1. The Morgan fingerprint density at radius 2 is 2.39 bits per heavy atom. The molecule has 0 spiro atoms. The van der Waals surface area contributed by atoms with E-state index in [0.717, 1.165) is 19.7 Å². The van der Waals surface area contributed by atoms with Crippen molar-refractivity contribution < 1.29 is 14.3 Å². The van der Waals surface area contributed by atoms with Crippen LogP contribution in [0.2, 0.25) is 5.02 Å². The second-order valence-electron chi connectivity index (χ2n) is 5.69. The molecule has 1 aliphatic rings. The molecule has 0 saturated carbocycles. The van der Waals surface area contributed by atoms with Crippen molar-refractivity contribution in [1.29, 1.82) is 0 Å². The molecule has 1 amide bonds. The Kier molecular flexibility index (Phi) is 7.11. The van der Waals surface area contributed by atoms with Gasteiger partial charge in [0.05, 0.1) is 18.8 Å².